The van der Waals surface area contributed by atoms with Crippen LogP contribution in [-0.4, -0.2) is 36.6 Å². The van der Waals surface area contributed by atoms with Crippen molar-refractivity contribution in [3.05, 3.63) is 0 Å². The maximum Gasteiger partial charge on any atom is 0.309 e. The fraction of sp³-hybridized carbons (Fsp3) is 0.900. The molecule has 0 aromatic rings. The first-order chi connectivity index (χ1) is 6.07. The van der Waals surface area contributed by atoms with Crippen LogP contribution in [0.2, 0.25) is 0 Å². The summed E-state index contributed by atoms with van der Waals surface area (Å²) in [6.45, 7) is 0.881. The topological polar surface area (TPSA) is 40.5 Å². The smallest absolute Gasteiger partial charge is 0.309 e. The van der Waals surface area contributed by atoms with Gasteiger partial charge in [0, 0.05) is 0 Å². The predicted octanol–water partition coefficient (Wildman–Crippen LogP) is 2.00. The Kier molecular flexibility index (Phi) is 5.45. The lowest BCUT2D eigenvalue weighted by Crippen LogP contribution is -2.31. The second-order valence-electron chi connectivity index (χ2n) is 4.35. The number of carboxylic acids is 1. The molecule has 0 bridgehead atoms. The van der Waals surface area contributed by atoms with Crippen molar-refractivity contribution in [2.24, 2.45) is 5.41 Å². The molecule has 0 aliphatic heterocycles. The molecule has 0 aromatic heterocycles. The molecule has 0 unspecified atom stereocenters. The molecule has 1 aliphatic rings. The van der Waals surface area contributed by atoms with Gasteiger partial charge in [-0.15, -0.1) is 12.4 Å². The zero-order valence-electron chi connectivity index (χ0n) is 8.95. The summed E-state index contributed by atoms with van der Waals surface area (Å²) in [5.74, 6) is -0.591. The van der Waals surface area contributed by atoms with Crippen molar-refractivity contribution in [2.45, 2.75) is 32.1 Å². The van der Waals surface area contributed by atoms with Gasteiger partial charge in [0.15, 0.2) is 0 Å². The molecule has 1 saturated carbocycles. The van der Waals surface area contributed by atoms with E-state index in [0.717, 1.165) is 38.6 Å². The zero-order valence-corrected chi connectivity index (χ0v) is 9.77. The second kappa shape index (κ2) is 5.56. The lowest BCUT2D eigenvalue weighted by Gasteiger charge is -2.25. The third kappa shape index (κ3) is 3.14. The molecule has 0 aromatic carbocycles. The van der Waals surface area contributed by atoms with Crippen LogP contribution in [0.1, 0.15) is 32.1 Å². The minimum atomic E-state index is -0.591. The fourth-order valence-electron chi connectivity index (χ4n) is 2.06. The minimum absolute atomic E-state index is 0. The van der Waals surface area contributed by atoms with Crippen LogP contribution in [0.3, 0.4) is 0 Å². The lowest BCUT2D eigenvalue weighted by molar-refractivity contribution is -0.149. The van der Waals surface area contributed by atoms with E-state index in [4.69, 9.17) is 5.11 Å². The summed E-state index contributed by atoms with van der Waals surface area (Å²) in [7, 11) is 3.98. The molecule has 1 aliphatic carbocycles. The van der Waals surface area contributed by atoms with Crippen molar-refractivity contribution in [3.8, 4) is 0 Å². The SMILES string of the molecule is CN(C)CCC1(C(=O)O)CCCC1.Cl. The first kappa shape index (κ1) is 13.7. The van der Waals surface area contributed by atoms with Crippen molar-refractivity contribution in [1.29, 1.82) is 0 Å². The Morgan fingerprint density at radius 1 is 1.36 bits per heavy atom. The number of aliphatic carboxylic acids is 1. The number of carbonyl (C=O) groups is 1. The maximum absolute atomic E-state index is 11.1. The summed E-state index contributed by atoms with van der Waals surface area (Å²) in [5.41, 5.74) is -0.399. The fourth-order valence-corrected chi connectivity index (χ4v) is 2.06. The van der Waals surface area contributed by atoms with Gasteiger partial charge in [-0.2, -0.15) is 0 Å². The van der Waals surface area contributed by atoms with Crippen molar-refractivity contribution >= 4 is 18.4 Å². The number of hydrogen-bond donors (Lipinski definition) is 1. The summed E-state index contributed by atoms with van der Waals surface area (Å²) in [4.78, 5) is 13.2. The van der Waals surface area contributed by atoms with Gasteiger partial charge in [-0.25, -0.2) is 0 Å². The van der Waals surface area contributed by atoms with Crippen molar-refractivity contribution in [1.82, 2.24) is 4.90 Å². The van der Waals surface area contributed by atoms with Crippen molar-refractivity contribution in [3.63, 3.8) is 0 Å². The Morgan fingerprint density at radius 2 is 1.86 bits per heavy atom. The molecular weight excluding hydrogens is 202 g/mol. The van der Waals surface area contributed by atoms with Crippen LogP contribution in [0.25, 0.3) is 0 Å². The minimum Gasteiger partial charge on any atom is -0.481 e. The molecule has 1 rings (SSSR count). The van der Waals surface area contributed by atoms with E-state index in [2.05, 4.69) is 4.90 Å². The van der Waals surface area contributed by atoms with Crippen LogP contribution >= 0.6 is 12.4 Å². The van der Waals surface area contributed by atoms with Gasteiger partial charge in [-0.1, -0.05) is 12.8 Å². The monoisotopic (exact) mass is 221 g/mol. The lowest BCUT2D eigenvalue weighted by atomic mass is 9.83. The highest BCUT2D eigenvalue weighted by molar-refractivity contribution is 5.85. The van der Waals surface area contributed by atoms with Gasteiger partial charge in [0.05, 0.1) is 5.41 Å². The number of nitrogens with zero attached hydrogens (tertiary/aromatic N) is 1. The summed E-state index contributed by atoms with van der Waals surface area (Å²) >= 11 is 0. The number of hydrogen-bond acceptors (Lipinski definition) is 2. The summed E-state index contributed by atoms with van der Waals surface area (Å²) in [6, 6.07) is 0. The maximum atomic E-state index is 11.1. The highest BCUT2D eigenvalue weighted by Gasteiger charge is 2.40. The molecule has 0 saturated heterocycles. The Bertz CT molecular complexity index is 189. The Balaban J connectivity index is 0.00000169. The third-order valence-corrected chi connectivity index (χ3v) is 3.05. The van der Waals surface area contributed by atoms with E-state index in [1.807, 2.05) is 14.1 Å². The average Bonchev–Trinajstić information content (AvgIpc) is 2.50. The number of carboxylic acid groups (broad SMARTS) is 1. The number of halogens is 1. The van der Waals surface area contributed by atoms with Gasteiger partial charge in [0.1, 0.15) is 0 Å². The molecule has 0 heterocycles. The Hall–Kier alpha value is -0.280. The summed E-state index contributed by atoms with van der Waals surface area (Å²) in [6.07, 6.45) is 4.71. The molecule has 4 heteroatoms. The van der Waals surface area contributed by atoms with E-state index in [0.29, 0.717) is 0 Å². The van der Waals surface area contributed by atoms with Crippen LogP contribution in [0.15, 0.2) is 0 Å². The molecule has 1 fully saturated rings. The van der Waals surface area contributed by atoms with Crippen LogP contribution in [0.4, 0.5) is 0 Å². The van der Waals surface area contributed by atoms with Crippen LogP contribution in [-0.2, 0) is 4.79 Å². The van der Waals surface area contributed by atoms with E-state index >= 15 is 0 Å². The van der Waals surface area contributed by atoms with Gasteiger partial charge >= 0.3 is 5.97 Å². The first-order valence-corrected chi connectivity index (χ1v) is 4.95. The quantitative estimate of drug-likeness (QED) is 0.790. The van der Waals surface area contributed by atoms with E-state index in [9.17, 15) is 4.79 Å². The normalized spacial score (nSPS) is 19.4. The Labute approximate surface area is 91.9 Å². The van der Waals surface area contributed by atoms with Gasteiger partial charge in [-0.05, 0) is 39.9 Å². The molecule has 0 spiro atoms. The molecular formula is C10H20ClNO2. The molecule has 0 radical (unpaired) electrons. The molecule has 14 heavy (non-hydrogen) atoms. The van der Waals surface area contributed by atoms with E-state index in [-0.39, 0.29) is 12.4 Å². The largest absolute Gasteiger partial charge is 0.481 e. The second-order valence-corrected chi connectivity index (χ2v) is 4.35. The van der Waals surface area contributed by atoms with Gasteiger partial charge < -0.3 is 10.0 Å². The molecule has 84 valence electrons. The third-order valence-electron chi connectivity index (χ3n) is 3.05. The van der Waals surface area contributed by atoms with E-state index < -0.39 is 11.4 Å². The number of rotatable bonds is 4. The van der Waals surface area contributed by atoms with Crippen LogP contribution in [0, 0.1) is 5.41 Å². The Morgan fingerprint density at radius 3 is 2.21 bits per heavy atom. The summed E-state index contributed by atoms with van der Waals surface area (Å²) in [5, 5.41) is 9.16. The van der Waals surface area contributed by atoms with Crippen molar-refractivity contribution < 1.29 is 9.90 Å². The summed E-state index contributed by atoms with van der Waals surface area (Å²) < 4.78 is 0. The first-order valence-electron chi connectivity index (χ1n) is 4.95. The molecule has 3 nitrogen and oxygen atoms in total. The van der Waals surface area contributed by atoms with Crippen molar-refractivity contribution in [2.75, 3.05) is 20.6 Å². The predicted molar refractivity (Wildman–Crippen MR) is 59.0 cm³/mol. The molecule has 0 amide bonds. The van der Waals surface area contributed by atoms with Gasteiger partial charge in [0.2, 0.25) is 0 Å². The highest BCUT2D eigenvalue weighted by atomic mass is 35.5. The van der Waals surface area contributed by atoms with Crippen LogP contribution < -0.4 is 0 Å². The molecule has 1 N–H and O–H groups in total. The van der Waals surface area contributed by atoms with Gasteiger partial charge in [0.25, 0.3) is 0 Å². The van der Waals surface area contributed by atoms with Gasteiger partial charge in [-0.3, -0.25) is 4.79 Å². The zero-order chi connectivity index (χ0) is 9.90. The standard InChI is InChI=1S/C10H19NO2.ClH/c1-11(2)8-7-10(9(12)13)5-3-4-6-10;/h3-8H2,1-2H3,(H,12,13);1H. The molecule has 0 atom stereocenters. The highest BCUT2D eigenvalue weighted by Crippen LogP contribution is 2.41. The van der Waals surface area contributed by atoms with Crippen LogP contribution in [0.5, 0.6) is 0 Å². The van der Waals surface area contributed by atoms with E-state index in [1.165, 1.54) is 0 Å². The van der Waals surface area contributed by atoms with E-state index in [1.54, 1.807) is 0 Å². The average molecular weight is 222 g/mol.